The predicted molar refractivity (Wildman–Crippen MR) is 119 cm³/mol. The number of nitrogens with one attached hydrogen (secondary N) is 2. The Bertz CT molecular complexity index is 1090. The molecule has 0 spiro atoms. The van der Waals surface area contributed by atoms with Crippen LogP contribution in [0.25, 0.3) is 0 Å². The van der Waals surface area contributed by atoms with Crippen molar-refractivity contribution >= 4 is 23.4 Å². The number of allylic oxidation sites excluding steroid dienone is 2. The molecule has 0 radical (unpaired) electrons. The molecule has 1 atom stereocenters. The molecule has 0 saturated heterocycles. The Hall–Kier alpha value is -2.54. The summed E-state index contributed by atoms with van der Waals surface area (Å²) in [7, 11) is 1.61. The highest BCUT2D eigenvalue weighted by Gasteiger charge is 2.42. The first-order valence-corrected chi connectivity index (χ1v) is 11.3. The molecule has 4 rings (SSSR count). The largest absolute Gasteiger partial charge is 0.497 e. The number of Topliss-reactive ketones (excluding diaryl/α,β-unsaturated/α-hetero) is 1. The standard InChI is InChI=1S/C23H27N3O3S/c1-5-9-30-22-25-20-19(21(28)26-22)17(13-7-6-8-14(10-13)29-4)18-15(24-20)11-23(2,3)12-16(18)27/h6-8,10,17H,5,9,11-12H2,1-4H3,(H2,24,25,26,28). The first-order valence-electron chi connectivity index (χ1n) is 10.3. The van der Waals surface area contributed by atoms with Crippen LogP contribution in [0.5, 0.6) is 5.75 Å². The van der Waals surface area contributed by atoms with E-state index in [1.807, 2.05) is 24.3 Å². The molecule has 1 unspecified atom stereocenters. The fourth-order valence-electron chi connectivity index (χ4n) is 4.31. The highest BCUT2D eigenvalue weighted by Crippen LogP contribution is 2.48. The molecule has 1 aliphatic heterocycles. The Labute approximate surface area is 180 Å². The number of ketones is 1. The molecule has 1 aliphatic carbocycles. The molecule has 6 nitrogen and oxygen atoms in total. The molecule has 0 saturated carbocycles. The van der Waals surface area contributed by atoms with Crippen LogP contribution in [0.15, 0.2) is 45.5 Å². The summed E-state index contributed by atoms with van der Waals surface area (Å²) in [4.78, 5) is 34.1. The van der Waals surface area contributed by atoms with Gasteiger partial charge in [0.05, 0.1) is 12.7 Å². The van der Waals surface area contributed by atoms with Crippen molar-refractivity contribution < 1.29 is 9.53 Å². The van der Waals surface area contributed by atoms with Crippen molar-refractivity contribution in [2.45, 2.75) is 51.1 Å². The molecule has 0 fully saturated rings. The SMILES string of the molecule is CCCSc1nc2c(c(=O)[nH]1)C(c1cccc(OC)c1)C1=C(CC(C)(C)CC1=O)N2. The fraction of sp³-hybridized carbons (Fsp3) is 0.435. The summed E-state index contributed by atoms with van der Waals surface area (Å²) in [6, 6.07) is 7.59. The Morgan fingerprint density at radius 1 is 1.27 bits per heavy atom. The Morgan fingerprint density at radius 3 is 2.80 bits per heavy atom. The Kier molecular flexibility index (Phi) is 5.49. The lowest BCUT2D eigenvalue weighted by molar-refractivity contribution is -0.118. The summed E-state index contributed by atoms with van der Waals surface area (Å²) >= 11 is 1.53. The van der Waals surface area contributed by atoms with Crippen LogP contribution in [0.1, 0.15) is 57.1 Å². The average Bonchev–Trinajstić information content (AvgIpc) is 2.69. The average molecular weight is 426 g/mol. The van der Waals surface area contributed by atoms with E-state index >= 15 is 0 Å². The van der Waals surface area contributed by atoms with Crippen molar-refractivity contribution in [3.05, 3.63) is 57.0 Å². The molecule has 1 aromatic heterocycles. The normalized spacial score (nSPS) is 19.7. The second kappa shape index (κ2) is 7.95. The summed E-state index contributed by atoms with van der Waals surface area (Å²) in [5.41, 5.74) is 2.57. The van der Waals surface area contributed by atoms with Crippen LogP contribution >= 0.6 is 11.8 Å². The molecule has 2 heterocycles. The summed E-state index contributed by atoms with van der Waals surface area (Å²) in [6.45, 7) is 6.29. The second-order valence-corrected chi connectivity index (χ2v) is 9.73. The van der Waals surface area contributed by atoms with E-state index in [-0.39, 0.29) is 16.8 Å². The number of ether oxygens (including phenoxy) is 1. The first kappa shape index (κ1) is 20.7. The van der Waals surface area contributed by atoms with Crippen LogP contribution in [-0.2, 0) is 4.79 Å². The van der Waals surface area contributed by atoms with Gasteiger partial charge in [-0.1, -0.05) is 44.7 Å². The van der Waals surface area contributed by atoms with Gasteiger partial charge in [0.15, 0.2) is 10.9 Å². The number of aromatic amines is 1. The van der Waals surface area contributed by atoms with Crippen LogP contribution in [-0.4, -0.2) is 28.6 Å². The third kappa shape index (κ3) is 3.78. The molecule has 0 amide bonds. The lowest BCUT2D eigenvalue weighted by atomic mass is 9.69. The number of methoxy groups -OCH3 is 1. The molecule has 2 N–H and O–H groups in total. The van der Waals surface area contributed by atoms with Gasteiger partial charge in [-0.15, -0.1) is 0 Å². The number of carbonyl (C=O) groups excluding carboxylic acids is 1. The molecule has 2 aliphatic rings. The zero-order valence-corrected chi connectivity index (χ0v) is 18.6. The highest BCUT2D eigenvalue weighted by molar-refractivity contribution is 7.99. The second-order valence-electron chi connectivity index (χ2n) is 8.65. The fourth-order valence-corrected chi connectivity index (χ4v) is 5.03. The van der Waals surface area contributed by atoms with Gasteiger partial charge in [0, 0.05) is 29.4 Å². The summed E-state index contributed by atoms with van der Waals surface area (Å²) < 4.78 is 5.40. The minimum absolute atomic E-state index is 0.0797. The first-order chi connectivity index (χ1) is 14.3. The number of hydrogen-bond acceptors (Lipinski definition) is 6. The molecule has 1 aromatic carbocycles. The van der Waals surface area contributed by atoms with Crippen LogP contribution in [0.4, 0.5) is 5.82 Å². The van der Waals surface area contributed by atoms with Gasteiger partial charge >= 0.3 is 0 Å². The minimum Gasteiger partial charge on any atom is -0.497 e. The van der Waals surface area contributed by atoms with Crippen molar-refractivity contribution in [3.8, 4) is 5.75 Å². The van der Waals surface area contributed by atoms with E-state index in [1.54, 1.807) is 7.11 Å². The molecule has 30 heavy (non-hydrogen) atoms. The van der Waals surface area contributed by atoms with Crippen molar-refractivity contribution in [2.75, 3.05) is 18.2 Å². The van der Waals surface area contributed by atoms with E-state index in [2.05, 4.69) is 31.1 Å². The van der Waals surface area contributed by atoms with Crippen LogP contribution in [0.2, 0.25) is 0 Å². The third-order valence-corrected chi connectivity index (χ3v) is 6.65. The smallest absolute Gasteiger partial charge is 0.257 e. The van der Waals surface area contributed by atoms with Gasteiger partial charge in [-0.25, -0.2) is 4.98 Å². The zero-order valence-electron chi connectivity index (χ0n) is 17.8. The monoisotopic (exact) mass is 425 g/mol. The van der Waals surface area contributed by atoms with Crippen molar-refractivity contribution in [2.24, 2.45) is 5.41 Å². The van der Waals surface area contributed by atoms with E-state index < -0.39 is 5.92 Å². The lowest BCUT2D eigenvalue weighted by Crippen LogP contribution is -2.37. The number of H-pyrrole nitrogens is 1. The maximum absolute atomic E-state index is 13.2. The number of rotatable bonds is 5. The highest BCUT2D eigenvalue weighted by atomic mass is 32.2. The summed E-state index contributed by atoms with van der Waals surface area (Å²) in [6.07, 6.45) is 2.18. The number of hydrogen-bond donors (Lipinski definition) is 2. The van der Waals surface area contributed by atoms with E-state index in [0.29, 0.717) is 34.3 Å². The lowest BCUT2D eigenvalue weighted by Gasteiger charge is -2.38. The molecule has 2 aromatic rings. The number of aromatic nitrogens is 2. The number of thioether (sulfide) groups is 1. The van der Waals surface area contributed by atoms with Crippen molar-refractivity contribution in [1.29, 1.82) is 0 Å². The van der Waals surface area contributed by atoms with Gasteiger partial charge < -0.3 is 15.0 Å². The van der Waals surface area contributed by atoms with Crippen molar-refractivity contribution in [3.63, 3.8) is 0 Å². The van der Waals surface area contributed by atoms with E-state index in [4.69, 9.17) is 9.72 Å². The molecular formula is C23H27N3O3S. The zero-order chi connectivity index (χ0) is 21.5. The number of carbonyl (C=O) groups is 1. The Balaban J connectivity index is 1.92. The van der Waals surface area contributed by atoms with E-state index in [9.17, 15) is 9.59 Å². The third-order valence-electron chi connectivity index (χ3n) is 5.57. The van der Waals surface area contributed by atoms with Gasteiger partial charge in [-0.2, -0.15) is 0 Å². The van der Waals surface area contributed by atoms with Gasteiger partial charge in [-0.3, -0.25) is 9.59 Å². The van der Waals surface area contributed by atoms with Crippen LogP contribution in [0, 0.1) is 5.41 Å². The number of nitrogens with zero attached hydrogens (tertiary/aromatic N) is 1. The quantitative estimate of drug-likeness (QED) is 0.543. The van der Waals surface area contributed by atoms with Gasteiger partial charge in [0.1, 0.15) is 11.6 Å². The Morgan fingerprint density at radius 2 is 2.07 bits per heavy atom. The van der Waals surface area contributed by atoms with Gasteiger partial charge in [-0.05, 0) is 36.0 Å². The van der Waals surface area contributed by atoms with Crippen LogP contribution < -0.4 is 15.6 Å². The predicted octanol–water partition coefficient (Wildman–Crippen LogP) is 4.48. The topological polar surface area (TPSA) is 84.1 Å². The van der Waals surface area contributed by atoms with E-state index in [0.717, 1.165) is 29.9 Å². The van der Waals surface area contributed by atoms with E-state index in [1.165, 1.54) is 11.8 Å². The molecule has 0 bridgehead atoms. The summed E-state index contributed by atoms with van der Waals surface area (Å²) in [5.74, 6) is 1.74. The minimum atomic E-state index is -0.462. The number of benzene rings is 1. The number of anilines is 1. The summed E-state index contributed by atoms with van der Waals surface area (Å²) in [5, 5.41) is 3.95. The van der Waals surface area contributed by atoms with Gasteiger partial charge in [0.2, 0.25) is 0 Å². The maximum atomic E-state index is 13.2. The van der Waals surface area contributed by atoms with Crippen LogP contribution in [0.3, 0.4) is 0 Å². The molecular weight excluding hydrogens is 398 g/mol. The van der Waals surface area contributed by atoms with Crippen molar-refractivity contribution in [1.82, 2.24) is 9.97 Å². The maximum Gasteiger partial charge on any atom is 0.257 e. The van der Waals surface area contributed by atoms with Gasteiger partial charge in [0.25, 0.3) is 5.56 Å². The number of fused-ring (bicyclic) bond motifs is 1. The molecule has 158 valence electrons. The molecule has 7 heteroatoms.